The van der Waals surface area contributed by atoms with E-state index in [1.807, 2.05) is 11.9 Å². The third-order valence-corrected chi connectivity index (χ3v) is 2.46. The minimum Gasteiger partial charge on any atom is -0.396 e. The molecule has 2 atom stereocenters. The standard InChI is InChI=1S/C8H16N2O2/c1-6-5-9-8(12)7(3-4-11)10(6)2/h6-7,11H,3-5H2,1-2H3,(H,9,12). The van der Waals surface area contributed by atoms with Crippen molar-refractivity contribution < 1.29 is 9.90 Å². The highest BCUT2D eigenvalue weighted by molar-refractivity contribution is 5.82. The summed E-state index contributed by atoms with van der Waals surface area (Å²) in [4.78, 5) is 13.3. The zero-order chi connectivity index (χ0) is 9.14. The fourth-order valence-electron chi connectivity index (χ4n) is 1.46. The highest BCUT2D eigenvalue weighted by atomic mass is 16.3. The molecular formula is C8H16N2O2. The molecule has 1 amide bonds. The van der Waals surface area contributed by atoms with Crippen molar-refractivity contribution in [2.24, 2.45) is 0 Å². The van der Waals surface area contributed by atoms with Gasteiger partial charge in [-0.3, -0.25) is 9.69 Å². The van der Waals surface area contributed by atoms with Gasteiger partial charge in [-0.25, -0.2) is 0 Å². The molecule has 1 aliphatic rings. The lowest BCUT2D eigenvalue weighted by Gasteiger charge is -2.36. The number of rotatable bonds is 2. The van der Waals surface area contributed by atoms with Crippen LogP contribution in [0.15, 0.2) is 0 Å². The van der Waals surface area contributed by atoms with Gasteiger partial charge < -0.3 is 10.4 Å². The Balaban J connectivity index is 2.58. The monoisotopic (exact) mass is 172 g/mol. The molecule has 1 saturated heterocycles. The molecule has 4 nitrogen and oxygen atoms in total. The van der Waals surface area contributed by atoms with Crippen molar-refractivity contribution in [3.8, 4) is 0 Å². The summed E-state index contributed by atoms with van der Waals surface area (Å²) < 4.78 is 0. The fraction of sp³-hybridized carbons (Fsp3) is 0.875. The lowest BCUT2D eigenvalue weighted by atomic mass is 10.1. The molecule has 1 heterocycles. The van der Waals surface area contributed by atoms with Gasteiger partial charge in [-0.05, 0) is 20.4 Å². The molecule has 0 spiro atoms. The van der Waals surface area contributed by atoms with Gasteiger partial charge in [-0.1, -0.05) is 0 Å². The topological polar surface area (TPSA) is 52.6 Å². The maximum atomic E-state index is 11.3. The van der Waals surface area contributed by atoms with Crippen molar-refractivity contribution >= 4 is 5.91 Å². The van der Waals surface area contributed by atoms with Crippen LogP contribution >= 0.6 is 0 Å². The van der Waals surface area contributed by atoms with E-state index in [9.17, 15) is 4.79 Å². The quantitative estimate of drug-likeness (QED) is 0.572. The molecule has 0 saturated carbocycles. The zero-order valence-corrected chi connectivity index (χ0v) is 7.58. The Morgan fingerprint density at radius 1 is 1.75 bits per heavy atom. The van der Waals surface area contributed by atoms with Gasteiger partial charge in [-0.15, -0.1) is 0 Å². The van der Waals surface area contributed by atoms with E-state index in [1.165, 1.54) is 0 Å². The molecule has 4 heteroatoms. The van der Waals surface area contributed by atoms with Gasteiger partial charge in [0.25, 0.3) is 0 Å². The van der Waals surface area contributed by atoms with Crippen molar-refractivity contribution in [2.45, 2.75) is 25.4 Å². The molecule has 70 valence electrons. The molecule has 0 bridgehead atoms. The van der Waals surface area contributed by atoms with E-state index >= 15 is 0 Å². The van der Waals surface area contributed by atoms with Gasteiger partial charge in [0.05, 0.1) is 6.04 Å². The third kappa shape index (κ3) is 1.76. The Morgan fingerprint density at radius 3 is 3.00 bits per heavy atom. The summed E-state index contributed by atoms with van der Waals surface area (Å²) in [5.74, 6) is 0.0321. The number of likely N-dealkylation sites (N-methyl/N-ethyl adjacent to an activating group) is 1. The highest BCUT2D eigenvalue weighted by Crippen LogP contribution is 2.10. The molecule has 0 aromatic heterocycles. The molecule has 2 N–H and O–H groups in total. The predicted octanol–water partition coefficient (Wildman–Crippen LogP) is -0.812. The number of amides is 1. The van der Waals surface area contributed by atoms with Crippen LogP contribution in [-0.4, -0.2) is 48.2 Å². The molecular weight excluding hydrogens is 156 g/mol. The molecule has 0 aliphatic carbocycles. The van der Waals surface area contributed by atoms with Gasteiger partial charge in [0, 0.05) is 19.2 Å². The van der Waals surface area contributed by atoms with E-state index in [1.54, 1.807) is 0 Å². The Kier molecular flexibility index (Phi) is 3.05. The van der Waals surface area contributed by atoms with Gasteiger partial charge in [0.2, 0.25) is 5.91 Å². The summed E-state index contributed by atoms with van der Waals surface area (Å²) >= 11 is 0. The summed E-state index contributed by atoms with van der Waals surface area (Å²) in [5.41, 5.74) is 0. The number of carbonyl (C=O) groups excluding carboxylic acids is 1. The maximum Gasteiger partial charge on any atom is 0.237 e. The van der Waals surface area contributed by atoms with Crippen molar-refractivity contribution in [3.05, 3.63) is 0 Å². The van der Waals surface area contributed by atoms with Gasteiger partial charge >= 0.3 is 0 Å². The fourth-order valence-corrected chi connectivity index (χ4v) is 1.46. The Hall–Kier alpha value is -0.610. The minimum absolute atomic E-state index is 0.0321. The van der Waals surface area contributed by atoms with Crippen molar-refractivity contribution in [3.63, 3.8) is 0 Å². The first-order chi connectivity index (χ1) is 5.66. The summed E-state index contributed by atoms with van der Waals surface area (Å²) in [7, 11) is 1.92. The van der Waals surface area contributed by atoms with E-state index < -0.39 is 0 Å². The van der Waals surface area contributed by atoms with Crippen LogP contribution in [0, 0.1) is 0 Å². The second kappa shape index (κ2) is 3.87. The van der Waals surface area contributed by atoms with Crippen molar-refractivity contribution in [2.75, 3.05) is 20.2 Å². The van der Waals surface area contributed by atoms with Crippen molar-refractivity contribution in [1.82, 2.24) is 10.2 Å². The van der Waals surface area contributed by atoms with Crippen LogP contribution in [0.25, 0.3) is 0 Å². The number of hydrogen-bond donors (Lipinski definition) is 2. The van der Waals surface area contributed by atoms with Gasteiger partial charge in [0.15, 0.2) is 0 Å². The summed E-state index contributed by atoms with van der Waals surface area (Å²) in [6, 6.07) is 0.206. The molecule has 1 fully saturated rings. The molecule has 0 radical (unpaired) electrons. The largest absolute Gasteiger partial charge is 0.396 e. The van der Waals surface area contributed by atoms with E-state index in [4.69, 9.17) is 5.11 Å². The van der Waals surface area contributed by atoms with Crippen LogP contribution in [0.3, 0.4) is 0 Å². The van der Waals surface area contributed by atoms with E-state index in [0.717, 1.165) is 0 Å². The number of aliphatic hydroxyl groups excluding tert-OH is 1. The molecule has 2 unspecified atom stereocenters. The number of piperazine rings is 1. The summed E-state index contributed by atoms with van der Waals surface area (Å²) in [6.45, 7) is 2.83. The average molecular weight is 172 g/mol. The van der Waals surface area contributed by atoms with Crippen LogP contribution < -0.4 is 5.32 Å². The Morgan fingerprint density at radius 2 is 2.42 bits per heavy atom. The third-order valence-electron chi connectivity index (χ3n) is 2.46. The van der Waals surface area contributed by atoms with E-state index in [2.05, 4.69) is 12.2 Å². The van der Waals surface area contributed by atoms with Crippen molar-refractivity contribution in [1.29, 1.82) is 0 Å². The lowest BCUT2D eigenvalue weighted by molar-refractivity contribution is -0.130. The smallest absolute Gasteiger partial charge is 0.237 e. The molecule has 0 aromatic carbocycles. The van der Waals surface area contributed by atoms with E-state index in [0.29, 0.717) is 19.0 Å². The van der Waals surface area contributed by atoms with E-state index in [-0.39, 0.29) is 18.6 Å². The number of hydrogen-bond acceptors (Lipinski definition) is 3. The Bertz CT molecular complexity index is 172. The summed E-state index contributed by atoms with van der Waals surface area (Å²) in [6.07, 6.45) is 0.521. The number of aliphatic hydroxyl groups is 1. The number of nitrogens with zero attached hydrogens (tertiary/aromatic N) is 1. The van der Waals surface area contributed by atoms with Gasteiger partial charge in [0.1, 0.15) is 0 Å². The molecule has 1 aliphatic heterocycles. The first-order valence-corrected chi connectivity index (χ1v) is 4.27. The average Bonchev–Trinajstić information content (AvgIpc) is 2.06. The second-order valence-electron chi connectivity index (χ2n) is 3.29. The minimum atomic E-state index is -0.154. The van der Waals surface area contributed by atoms with Crippen LogP contribution in [0.2, 0.25) is 0 Å². The number of nitrogens with one attached hydrogen (secondary N) is 1. The normalized spacial score (nSPS) is 31.8. The van der Waals surface area contributed by atoms with Crippen LogP contribution in [0.4, 0.5) is 0 Å². The molecule has 0 aromatic rings. The SMILES string of the molecule is CC1CNC(=O)C(CCO)N1C. The Labute approximate surface area is 72.6 Å². The molecule has 12 heavy (non-hydrogen) atoms. The second-order valence-corrected chi connectivity index (χ2v) is 3.29. The van der Waals surface area contributed by atoms with Crippen LogP contribution in [0.5, 0.6) is 0 Å². The van der Waals surface area contributed by atoms with Crippen LogP contribution in [0.1, 0.15) is 13.3 Å². The maximum absolute atomic E-state index is 11.3. The number of carbonyl (C=O) groups is 1. The van der Waals surface area contributed by atoms with Crippen LogP contribution in [-0.2, 0) is 4.79 Å². The molecule has 1 rings (SSSR count). The van der Waals surface area contributed by atoms with Gasteiger partial charge in [-0.2, -0.15) is 0 Å². The zero-order valence-electron chi connectivity index (χ0n) is 7.58. The first kappa shape index (κ1) is 9.48. The highest BCUT2D eigenvalue weighted by Gasteiger charge is 2.30. The lowest BCUT2D eigenvalue weighted by Crippen LogP contribution is -2.58. The predicted molar refractivity (Wildman–Crippen MR) is 45.7 cm³/mol. The first-order valence-electron chi connectivity index (χ1n) is 4.27. The summed E-state index contributed by atoms with van der Waals surface area (Å²) in [5, 5.41) is 11.5.